The van der Waals surface area contributed by atoms with E-state index in [1.165, 1.54) is 36.8 Å². The van der Waals surface area contributed by atoms with Gasteiger partial charge in [0.2, 0.25) is 0 Å². The van der Waals surface area contributed by atoms with Gasteiger partial charge in [-0.2, -0.15) is 0 Å². The number of nitrogens with zero attached hydrogens (tertiary/aromatic N) is 1. The molecule has 1 aliphatic carbocycles. The van der Waals surface area contributed by atoms with Crippen LogP contribution in [0.1, 0.15) is 64.5 Å². The smallest absolute Gasteiger partial charge is 0.191 e. The van der Waals surface area contributed by atoms with Crippen LogP contribution in [0, 0.1) is 0 Å². The second-order valence-electron chi connectivity index (χ2n) is 7.54. The average molecular weight is 332 g/mol. The van der Waals surface area contributed by atoms with E-state index in [4.69, 9.17) is 9.73 Å². The molecule has 2 rings (SSSR count). The molecule has 0 radical (unpaired) electrons. The summed E-state index contributed by atoms with van der Waals surface area (Å²) < 4.78 is 5.86. The molecular formula is C20H33N3O. The number of rotatable bonds is 6. The van der Waals surface area contributed by atoms with Crippen molar-refractivity contribution in [2.45, 2.75) is 78.2 Å². The van der Waals surface area contributed by atoms with Gasteiger partial charge in [-0.15, -0.1) is 0 Å². The third kappa shape index (κ3) is 6.91. The number of hydrogen-bond acceptors (Lipinski definition) is 2. The minimum Gasteiger partial charge on any atom is -0.371 e. The third-order valence-electron chi connectivity index (χ3n) is 4.12. The van der Waals surface area contributed by atoms with Gasteiger partial charge >= 0.3 is 0 Å². The van der Waals surface area contributed by atoms with E-state index in [2.05, 4.69) is 62.6 Å². The lowest BCUT2D eigenvalue weighted by Crippen LogP contribution is -2.42. The Balaban J connectivity index is 1.94. The highest BCUT2D eigenvalue weighted by Gasteiger charge is 2.15. The number of aliphatic imine (C=N–C) groups is 1. The van der Waals surface area contributed by atoms with Crippen LogP contribution < -0.4 is 10.6 Å². The second-order valence-corrected chi connectivity index (χ2v) is 7.54. The Kier molecular flexibility index (Phi) is 7.10. The van der Waals surface area contributed by atoms with E-state index in [-0.39, 0.29) is 5.60 Å². The maximum atomic E-state index is 5.86. The van der Waals surface area contributed by atoms with Crippen LogP contribution in [0.4, 0.5) is 0 Å². The van der Waals surface area contributed by atoms with Crippen LogP contribution >= 0.6 is 0 Å². The Morgan fingerprint density at radius 3 is 2.58 bits per heavy atom. The maximum absolute atomic E-state index is 5.86. The van der Waals surface area contributed by atoms with E-state index in [0.29, 0.717) is 19.2 Å². The minimum atomic E-state index is -0.114. The zero-order valence-corrected chi connectivity index (χ0v) is 15.7. The first-order valence-electron chi connectivity index (χ1n) is 9.23. The molecule has 134 valence electrons. The summed E-state index contributed by atoms with van der Waals surface area (Å²) in [5.41, 5.74) is 2.30. The van der Waals surface area contributed by atoms with Gasteiger partial charge in [0.15, 0.2) is 5.96 Å². The monoisotopic (exact) mass is 331 g/mol. The van der Waals surface area contributed by atoms with Crippen LogP contribution in [-0.2, 0) is 17.9 Å². The van der Waals surface area contributed by atoms with Gasteiger partial charge in [-0.3, -0.25) is 0 Å². The van der Waals surface area contributed by atoms with Crippen molar-refractivity contribution in [3.8, 4) is 0 Å². The standard InChI is InChI=1S/C20H33N3O/c1-5-21-19(23-18-11-6-7-12-18)22-14-16-9-8-10-17(13-16)15-24-20(2,3)4/h8-10,13,18H,5-7,11-12,14-15H2,1-4H3,(H2,21,22,23). The SMILES string of the molecule is CCNC(=NCc1cccc(COC(C)(C)C)c1)NC1CCCC1. The number of ether oxygens (including phenoxy) is 1. The molecule has 0 amide bonds. The van der Waals surface area contributed by atoms with Crippen molar-refractivity contribution in [1.82, 2.24) is 10.6 Å². The molecule has 1 aliphatic rings. The molecule has 0 aromatic heterocycles. The summed E-state index contributed by atoms with van der Waals surface area (Å²) in [6, 6.07) is 9.09. The van der Waals surface area contributed by atoms with Gasteiger partial charge in [0, 0.05) is 12.6 Å². The molecule has 4 heteroatoms. The lowest BCUT2D eigenvalue weighted by molar-refractivity contribution is -0.0149. The lowest BCUT2D eigenvalue weighted by atomic mass is 10.1. The topological polar surface area (TPSA) is 45.7 Å². The van der Waals surface area contributed by atoms with E-state index in [1.807, 2.05) is 0 Å². The van der Waals surface area contributed by atoms with Gasteiger partial charge in [0.1, 0.15) is 0 Å². The Labute approximate surface area is 147 Å². The van der Waals surface area contributed by atoms with Crippen LogP contribution in [0.5, 0.6) is 0 Å². The van der Waals surface area contributed by atoms with Crippen molar-refractivity contribution in [2.75, 3.05) is 6.54 Å². The molecule has 1 saturated carbocycles. The van der Waals surface area contributed by atoms with Crippen LogP contribution in [-0.4, -0.2) is 24.1 Å². The summed E-state index contributed by atoms with van der Waals surface area (Å²) in [7, 11) is 0. The Bertz CT molecular complexity index is 528. The average Bonchev–Trinajstić information content (AvgIpc) is 3.04. The summed E-state index contributed by atoms with van der Waals surface area (Å²) >= 11 is 0. The van der Waals surface area contributed by atoms with Gasteiger partial charge in [-0.25, -0.2) is 4.99 Å². The molecule has 0 heterocycles. The molecule has 0 atom stereocenters. The zero-order chi connectivity index (χ0) is 17.4. The largest absolute Gasteiger partial charge is 0.371 e. The number of benzene rings is 1. The second kappa shape index (κ2) is 9.07. The molecule has 1 fully saturated rings. The molecule has 0 aliphatic heterocycles. The van der Waals surface area contributed by atoms with Crippen molar-refractivity contribution in [3.63, 3.8) is 0 Å². The first-order valence-corrected chi connectivity index (χ1v) is 9.23. The molecule has 0 bridgehead atoms. The molecule has 4 nitrogen and oxygen atoms in total. The molecule has 24 heavy (non-hydrogen) atoms. The Hall–Kier alpha value is -1.55. The van der Waals surface area contributed by atoms with E-state index >= 15 is 0 Å². The van der Waals surface area contributed by atoms with E-state index in [1.54, 1.807) is 0 Å². The molecule has 1 aromatic rings. The van der Waals surface area contributed by atoms with Crippen LogP contribution in [0.25, 0.3) is 0 Å². The van der Waals surface area contributed by atoms with E-state index < -0.39 is 0 Å². The minimum absolute atomic E-state index is 0.114. The summed E-state index contributed by atoms with van der Waals surface area (Å²) in [6.45, 7) is 10.6. The van der Waals surface area contributed by atoms with Crippen molar-refractivity contribution >= 4 is 5.96 Å². The number of guanidine groups is 1. The van der Waals surface area contributed by atoms with Crippen molar-refractivity contribution in [3.05, 3.63) is 35.4 Å². The zero-order valence-electron chi connectivity index (χ0n) is 15.7. The first-order chi connectivity index (χ1) is 11.5. The van der Waals surface area contributed by atoms with Crippen molar-refractivity contribution in [2.24, 2.45) is 4.99 Å². The fourth-order valence-electron chi connectivity index (χ4n) is 2.87. The molecule has 0 spiro atoms. The quantitative estimate of drug-likeness (QED) is 0.612. The van der Waals surface area contributed by atoms with Crippen LogP contribution in [0.2, 0.25) is 0 Å². The van der Waals surface area contributed by atoms with Gasteiger partial charge in [0.25, 0.3) is 0 Å². The molecule has 2 N–H and O–H groups in total. The predicted molar refractivity (Wildman–Crippen MR) is 101 cm³/mol. The van der Waals surface area contributed by atoms with Crippen molar-refractivity contribution < 1.29 is 4.74 Å². The summed E-state index contributed by atoms with van der Waals surface area (Å²) in [5, 5.41) is 6.91. The first kappa shape index (κ1) is 18.8. The lowest BCUT2D eigenvalue weighted by Gasteiger charge is -2.19. The van der Waals surface area contributed by atoms with E-state index in [9.17, 15) is 0 Å². The fraction of sp³-hybridized carbons (Fsp3) is 0.650. The van der Waals surface area contributed by atoms with Gasteiger partial charge in [-0.1, -0.05) is 37.1 Å². The summed E-state index contributed by atoms with van der Waals surface area (Å²) in [6.07, 6.45) is 5.16. The highest BCUT2D eigenvalue weighted by Crippen LogP contribution is 2.17. The molecule has 0 saturated heterocycles. The van der Waals surface area contributed by atoms with Crippen molar-refractivity contribution in [1.29, 1.82) is 0 Å². The maximum Gasteiger partial charge on any atom is 0.191 e. The van der Waals surface area contributed by atoms with Gasteiger partial charge in [-0.05, 0) is 51.7 Å². The molecular weight excluding hydrogens is 298 g/mol. The normalized spacial score (nSPS) is 16.4. The predicted octanol–water partition coefficient (Wildman–Crippen LogP) is 4.00. The third-order valence-corrected chi connectivity index (χ3v) is 4.12. The van der Waals surface area contributed by atoms with Gasteiger partial charge < -0.3 is 15.4 Å². The molecule has 1 aromatic carbocycles. The summed E-state index contributed by atoms with van der Waals surface area (Å²) in [5.74, 6) is 0.931. The van der Waals surface area contributed by atoms with Crippen LogP contribution in [0.15, 0.2) is 29.3 Å². The number of nitrogens with one attached hydrogen (secondary N) is 2. The van der Waals surface area contributed by atoms with E-state index in [0.717, 1.165) is 12.5 Å². The van der Waals surface area contributed by atoms with Crippen LogP contribution in [0.3, 0.4) is 0 Å². The number of hydrogen-bond donors (Lipinski definition) is 2. The Morgan fingerprint density at radius 1 is 1.21 bits per heavy atom. The molecule has 0 unspecified atom stereocenters. The summed E-state index contributed by atoms with van der Waals surface area (Å²) in [4.78, 5) is 4.75. The highest BCUT2D eigenvalue weighted by molar-refractivity contribution is 5.80. The van der Waals surface area contributed by atoms with Gasteiger partial charge in [0.05, 0.1) is 18.8 Å². The Morgan fingerprint density at radius 2 is 1.92 bits per heavy atom. The highest BCUT2D eigenvalue weighted by atomic mass is 16.5. The fourth-order valence-corrected chi connectivity index (χ4v) is 2.87.